The van der Waals surface area contributed by atoms with Gasteiger partial charge in [-0.05, 0) is 48.1 Å². The van der Waals surface area contributed by atoms with Crippen LogP contribution in [-0.4, -0.2) is 48.2 Å². The van der Waals surface area contributed by atoms with Crippen LogP contribution in [0.4, 0.5) is 5.95 Å². The van der Waals surface area contributed by atoms with Crippen LogP contribution < -0.4 is 10.2 Å². The summed E-state index contributed by atoms with van der Waals surface area (Å²) in [6.07, 6.45) is 3.72. The highest BCUT2D eigenvalue weighted by atomic mass is 16.5. The molecule has 1 amide bonds. The van der Waals surface area contributed by atoms with Gasteiger partial charge >= 0.3 is 0 Å². The highest BCUT2D eigenvalue weighted by Gasteiger charge is 2.49. The zero-order valence-electron chi connectivity index (χ0n) is 21.5. The van der Waals surface area contributed by atoms with Crippen molar-refractivity contribution in [2.24, 2.45) is 23.2 Å². The van der Waals surface area contributed by atoms with E-state index < -0.39 is 0 Å². The van der Waals surface area contributed by atoms with Gasteiger partial charge in [-0.15, -0.1) is 0 Å². The number of hydrogen-bond acceptors (Lipinski definition) is 6. The van der Waals surface area contributed by atoms with Gasteiger partial charge < -0.3 is 15.0 Å². The van der Waals surface area contributed by atoms with Gasteiger partial charge in [0.25, 0.3) is 5.91 Å². The van der Waals surface area contributed by atoms with Gasteiger partial charge in [-0.3, -0.25) is 4.79 Å². The quantitative estimate of drug-likeness (QED) is 0.625. The zero-order valence-corrected chi connectivity index (χ0v) is 21.5. The third-order valence-electron chi connectivity index (χ3n) is 8.46. The second kappa shape index (κ2) is 10.3. The van der Waals surface area contributed by atoms with Gasteiger partial charge in [0.2, 0.25) is 5.95 Å². The lowest BCUT2D eigenvalue weighted by Gasteiger charge is -2.55. The van der Waals surface area contributed by atoms with Crippen LogP contribution in [0.2, 0.25) is 0 Å². The minimum Gasteiger partial charge on any atom is -0.378 e. The highest BCUT2D eigenvalue weighted by molar-refractivity contribution is 6.00. The number of aromatic nitrogens is 2. The van der Waals surface area contributed by atoms with E-state index in [0.29, 0.717) is 66.8 Å². The van der Waals surface area contributed by atoms with Crippen molar-refractivity contribution in [1.82, 2.24) is 15.3 Å². The Hall–Kier alpha value is -2.98. The second-order valence-electron chi connectivity index (χ2n) is 10.6. The van der Waals surface area contributed by atoms with Crippen molar-refractivity contribution in [2.75, 3.05) is 31.2 Å². The second-order valence-corrected chi connectivity index (χ2v) is 10.6. The van der Waals surface area contributed by atoms with Crippen molar-refractivity contribution in [2.45, 2.75) is 53.5 Å². The molecule has 2 aliphatic rings. The number of nitrogens with one attached hydrogen (secondary N) is 1. The molecule has 1 saturated carbocycles. The van der Waals surface area contributed by atoms with Crippen LogP contribution >= 0.6 is 0 Å². The lowest BCUT2D eigenvalue weighted by molar-refractivity contribution is -0.0515. The first kappa shape index (κ1) is 25.1. The van der Waals surface area contributed by atoms with Crippen LogP contribution in [0.25, 0.3) is 11.3 Å². The molecular formula is C28H37N5O2. The van der Waals surface area contributed by atoms with Crippen molar-refractivity contribution < 1.29 is 9.53 Å². The summed E-state index contributed by atoms with van der Waals surface area (Å²) in [7, 11) is 0. The number of anilines is 1. The minimum absolute atomic E-state index is 0.0759. The van der Waals surface area contributed by atoms with Gasteiger partial charge in [0.05, 0.1) is 36.1 Å². The number of morpholine rings is 1. The third kappa shape index (κ3) is 5.04. The Kier molecular flexibility index (Phi) is 7.42. The molecule has 0 radical (unpaired) electrons. The SMILES string of the molecule is CCC(NC(=O)c1cnc(N2CCOCC2)nc1-c1ccc(C#N)cc1)C(C)C1CC(C)C1(C)C. The molecule has 4 rings (SSSR count). The summed E-state index contributed by atoms with van der Waals surface area (Å²) >= 11 is 0. The molecule has 1 aromatic carbocycles. The predicted molar refractivity (Wildman–Crippen MR) is 137 cm³/mol. The number of amides is 1. The Balaban J connectivity index is 1.62. The molecular weight excluding hydrogens is 438 g/mol. The standard InChI is InChI=1S/C28H37N5O2/c1-6-24(19(3)23-15-18(2)28(23,4)5)31-26(34)22-17-30-27(33-11-13-35-14-12-33)32-25(22)21-9-7-20(16-29)8-10-21/h7-10,17-19,23-24H,6,11-15H2,1-5H3,(H,31,34). The number of benzene rings is 1. The van der Waals surface area contributed by atoms with Crippen molar-refractivity contribution in [3.05, 3.63) is 41.6 Å². The molecule has 7 nitrogen and oxygen atoms in total. The Morgan fingerprint density at radius 2 is 1.97 bits per heavy atom. The number of nitriles is 1. The van der Waals surface area contributed by atoms with Crippen molar-refractivity contribution in [1.29, 1.82) is 5.26 Å². The molecule has 4 unspecified atom stereocenters. The minimum atomic E-state index is -0.151. The van der Waals surface area contributed by atoms with Crippen LogP contribution in [0, 0.1) is 34.5 Å². The lowest BCUT2D eigenvalue weighted by atomic mass is 9.51. The predicted octanol–water partition coefficient (Wildman–Crippen LogP) is 4.68. The van der Waals surface area contributed by atoms with Gasteiger partial charge in [-0.25, -0.2) is 9.97 Å². The first-order valence-corrected chi connectivity index (χ1v) is 12.8. The summed E-state index contributed by atoms with van der Waals surface area (Å²) in [4.78, 5) is 25.1. The zero-order chi connectivity index (χ0) is 25.2. The summed E-state index contributed by atoms with van der Waals surface area (Å²) in [5.74, 6) is 2.10. The Morgan fingerprint density at radius 1 is 1.29 bits per heavy atom. The van der Waals surface area contributed by atoms with E-state index in [9.17, 15) is 10.1 Å². The Labute approximate surface area is 208 Å². The number of carbonyl (C=O) groups excluding carboxylic acids is 1. The summed E-state index contributed by atoms with van der Waals surface area (Å²) in [5, 5.41) is 12.5. The Morgan fingerprint density at radius 3 is 2.54 bits per heavy atom. The van der Waals surface area contributed by atoms with Crippen LogP contribution in [0.5, 0.6) is 0 Å². The molecule has 1 aromatic heterocycles. The van der Waals surface area contributed by atoms with Gasteiger partial charge in [0.1, 0.15) is 0 Å². The fraction of sp³-hybridized carbons (Fsp3) is 0.571. The van der Waals surface area contributed by atoms with Crippen LogP contribution in [0.3, 0.4) is 0 Å². The number of rotatable bonds is 7. The maximum absolute atomic E-state index is 13.6. The first-order chi connectivity index (χ1) is 16.8. The van der Waals surface area contributed by atoms with E-state index in [4.69, 9.17) is 9.72 Å². The smallest absolute Gasteiger partial charge is 0.255 e. The van der Waals surface area contributed by atoms with E-state index in [-0.39, 0.29) is 17.4 Å². The third-order valence-corrected chi connectivity index (χ3v) is 8.46. The maximum Gasteiger partial charge on any atom is 0.255 e. The fourth-order valence-electron chi connectivity index (χ4n) is 5.59. The van der Waals surface area contributed by atoms with E-state index >= 15 is 0 Å². The van der Waals surface area contributed by atoms with E-state index in [2.05, 4.69) is 55.9 Å². The molecule has 1 N–H and O–H groups in total. The Bertz CT molecular complexity index is 1090. The van der Waals surface area contributed by atoms with E-state index in [0.717, 1.165) is 12.0 Å². The fourth-order valence-corrected chi connectivity index (χ4v) is 5.59. The average molecular weight is 476 g/mol. The number of hydrogen-bond donors (Lipinski definition) is 1. The van der Waals surface area contributed by atoms with E-state index in [1.807, 2.05) is 12.1 Å². The monoisotopic (exact) mass is 475 g/mol. The summed E-state index contributed by atoms with van der Waals surface area (Å²) < 4.78 is 5.46. The summed E-state index contributed by atoms with van der Waals surface area (Å²) in [6, 6.07) is 9.43. The molecule has 1 aliphatic heterocycles. The van der Waals surface area contributed by atoms with Gasteiger partial charge in [0.15, 0.2) is 0 Å². The van der Waals surface area contributed by atoms with Crippen LogP contribution in [0.15, 0.2) is 30.5 Å². The van der Waals surface area contributed by atoms with Crippen molar-refractivity contribution in [3.63, 3.8) is 0 Å². The van der Waals surface area contributed by atoms with Crippen LogP contribution in [-0.2, 0) is 4.74 Å². The number of ether oxygens (including phenoxy) is 1. The normalized spacial score (nSPS) is 23.0. The number of carbonyl (C=O) groups is 1. The summed E-state index contributed by atoms with van der Waals surface area (Å²) in [5.41, 5.74) is 2.69. The molecule has 0 spiro atoms. The lowest BCUT2D eigenvalue weighted by Crippen LogP contribution is -2.52. The van der Waals surface area contributed by atoms with Crippen molar-refractivity contribution >= 4 is 11.9 Å². The van der Waals surface area contributed by atoms with Gasteiger partial charge in [-0.2, -0.15) is 5.26 Å². The molecule has 2 aromatic rings. The topological polar surface area (TPSA) is 91.1 Å². The molecule has 2 heterocycles. The molecule has 186 valence electrons. The molecule has 1 aliphatic carbocycles. The molecule has 4 atom stereocenters. The molecule has 0 bridgehead atoms. The molecule has 2 fully saturated rings. The van der Waals surface area contributed by atoms with E-state index in [1.54, 1.807) is 18.3 Å². The number of nitrogens with zero attached hydrogens (tertiary/aromatic N) is 4. The first-order valence-electron chi connectivity index (χ1n) is 12.8. The average Bonchev–Trinajstić information content (AvgIpc) is 2.90. The molecule has 35 heavy (non-hydrogen) atoms. The van der Waals surface area contributed by atoms with Crippen molar-refractivity contribution in [3.8, 4) is 17.3 Å². The summed E-state index contributed by atoms with van der Waals surface area (Å²) in [6.45, 7) is 14.1. The molecule has 1 saturated heterocycles. The maximum atomic E-state index is 13.6. The van der Waals surface area contributed by atoms with Crippen LogP contribution in [0.1, 0.15) is 63.4 Å². The van der Waals surface area contributed by atoms with Gasteiger partial charge in [-0.1, -0.05) is 46.8 Å². The van der Waals surface area contributed by atoms with Gasteiger partial charge in [0, 0.05) is 30.9 Å². The van der Waals surface area contributed by atoms with E-state index in [1.165, 1.54) is 6.42 Å². The highest BCUT2D eigenvalue weighted by Crippen LogP contribution is 2.55. The largest absolute Gasteiger partial charge is 0.378 e. The molecule has 7 heteroatoms.